The Balaban J connectivity index is 1.44. The van der Waals surface area contributed by atoms with Crippen molar-refractivity contribution in [3.8, 4) is 33.8 Å². The van der Waals surface area contributed by atoms with E-state index in [1.54, 1.807) is 43.7 Å². The Hall–Kier alpha value is -4.85. The summed E-state index contributed by atoms with van der Waals surface area (Å²) in [6, 6.07) is 18.3. The molecule has 7 nitrogen and oxygen atoms in total. The fourth-order valence-corrected chi connectivity index (χ4v) is 4.36. The summed E-state index contributed by atoms with van der Waals surface area (Å²) in [4.78, 5) is 24.0. The number of aromatic nitrogens is 5. The number of nitrogens with zero attached hydrogens (tertiary/aromatic N) is 3. The second-order valence-corrected chi connectivity index (χ2v) is 8.48. The number of fused-ring (bicyclic) bond motifs is 2. The molecule has 4 aromatic heterocycles. The fourth-order valence-electron chi connectivity index (χ4n) is 4.36. The van der Waals surface area contributed by atoms with E-state index < -0.39 is 0 Å². The Kier molecular flexibility index (Phi) is 5.26. The molecule has 2 aromatic carbocycles. The molecule has 0 unspecified atom stereocenters. The number of H-pyrrole nitrogens is 2. The van der Waals surface area contributed by atoms with E-state index in [4.69, 9.17) is 0 Å². The molecule has 6 aromatic rings. The van der Waals surface area contributed by atoms with Gasteiger partial charge < -0.3 is 10.3 Å². The Bertz CT molecular complexity index is 1750. The fraction of sp³-hybridized carbons (Fsp3) is 0.0714. The predicted molar refractivity (Wildman–Crippen MR) is 139 cm³/mol. The molecule has 176 valence electrons. The lowest BCUT2D eigenvalue weighted by atomic mass is 10.0. The summed E-state index contributed by atoms with van der Waals surface area (Å²) in [5.74, 6) is -0.384. The van der Waals surface area contributed by atoms with Crippen LogP contribution in [0.5, 0.6) is 0 Å². The SMILES string of the molecule is CCC(=O)Nc1cncc(-c2ccc3[nH]nc(-c4cc5c(-c6ccccc6F)nccc5[nH]4)c3c2)c1. The predicted octanol–water partition coefficient (Wildman–Crippen LogP) is 6.32. The standard InChI is InChI=1S/C28H21FN6O/c1-2-26(36)32-18-11-17(14-30-15-18)16-7-8-24-20(12-16)28(35-34-24)25-13-21-23(33-25)9-10-31-27(21)19-5-3-4-6-22(19)29/h3-15,33H,2H2,1H3,(H,32,36)(H,34,35). The molecule has 3 N–H and O–H groups in total. The van der Waals surface area contributed by atoms with E-state index in [0.29, 0.717) is 23.4 Å². The minimum absolute atomic E-state index is 0.0652. The van der Waals surface area contributed by atoms with Gasteiger partial charge in [0, 0.05) is 46.2 Å². The summed E-state index contributed by atoms with van der Waals surface area (Å²) in [6.07, 6.45) is 5.46. The second-order valence-electron chi connectivity index (χ2n) is 8.48. The highest BCUT2D eigenvalue weighted by atomic mass is 19.1. The Morgan fingerprint density at radius 1 is 0.944 bits per heavy atom. The van der Waals surface area contributed by atoms with E-state index in [1.165, 1.54) is 6.07 Å². The molecule has 0 radical (unpaired) electrons. The lowest BCUT2D eigenvalue weighted by Gasteiger charge is -2.06. The lowest BCUT2D eigenvalue weighted by molar-refractivity contribution is -0.115. The van der Waals surface area contributed by atoms with Crippen LogP contribution >= 0.6 is 0 Å². The molecule has 36 heavy (non-hydrogen) atoms. The van der Waals surface area contributed by atoms with E-state index in [-0.39, 0.29) is 11.7 Å². The minimum Gasteiger partial charge on any atom is -0.353 e. The Labute approximate surface area is 205 Å². The number of pyridine rings is 2. The maximum atomic E-state index is 14.5. The highest BCUT2D eigenvalue weighted by Gasteiger charge is 2.16. The number of hydrogen-bond donors (Lipinski definition) is 3. The molecule has 1 amide bonds. The van der Waals surface area contributed by atoms with Gasteiger partial charge in [0.2, 0.25) is 5.91 Å². The average Bonchev–Trinajstić information content (AvgIpc) is 3.52. The van der Waals surface area contributed by atoms with Crippen molar-refractivity contribution in [2.75, 3.05) is 5.32 Å². The van der Waals surface area contributed by atoms with Crippen LogP contribution in [0.25, 0.3) is 55.6 Å². The van der Waals surface area contributed by atoms with Crippen molar-refractivity contribution in [1.82, 2.24) is 25.1 Å². The zero-order valence-corrected chi connectivity index (χ0v) is 19.3. The van der Waals surface area contributed by atoms with Gasteiger partial charge in [-0.05, 0) is 48.0 Å². The average molecular weight is 477 g/mol. The van der Waals surface area contributed by atoms with Gasteiger partial charge in [-0.1, -0.05) is 25.1 Å². The molecule has 0 aliphatic rings. The third kappa shape index (κ3) is 3.78. The number of hydrogen-bond acceptors (Lipinski definition) is 4. The molecular formula is C28H21FN6O. The number of aromatic amines is 2. The highest BCUT2D eigenvalue weighted by Crippen LogP contribution is 2.35. The maximum Gasteiger partial charge on any atom is 0.224 e. The number of amides is 1. The van der Waals surface area contributed by atoms with Gasteiger partial charge in [-0.15, -0.1) is 0 Å². The maximum absolute atomic E-state index is 14.5. The van der Waals surface area contributed by atoms with Crippen LogP contribution in [0.2, 0.25) is 0 Å². The van der Waals surface area contributed by atoms with E-state index >= 15 is 0 Å². The summed E-state index contributed by atoms with van der Waals surface area (Å²) in [5.41, 5.74) is 6.74. The van der Waals surface area contributed by atoms with Crippen LogP contribution in [-0.4, -0.2) is 31.1 Å². The van der Waals surface area contributed by atoms with Crippen molar-refractivity contribution < 1.29 is 9.18 Å². The van der Waals surface area contributed by atoms with Gasteiger partial charge in [-0.3, -0.25) is 19.9 Å². The van der Waals surface area contributed by atoms with Gasteiger partial charge in [-0.25, -0.2) is 4.39 Å². The summed E-state index contributed by atoms with van der Waals surface area (Å²) in [6.45, 7) is 1.81. The number of anilines is 1. The quantitative estimate of drug-likeness (QED) is 0.271. The van der Waals surface area contributed by atoms with Crippen molar-refractivity contribution in [3.05, 3.63) is 85.1 Å². The number of rotatable bonds is 5. The van der Waals surface area contributed by atoms with E-state index in [0.717, 1.165) is 44.3 Å². The molecule has 0 fully saturated rings. The van der Waals surface area contributed by atoms with Crippen molar-refractivity contribution >= 4 is 33.4 Å². The molecule has 4 heterocycles. The molecule has 0 atom stereocenters. The first-order valence-electron chi connectivity index (χ1n) is 11.6. The third-order valence-corrected chi connectivity index (χ3v) is 6.17. The number of benzene rings is 2. The monoisotopic (exact) mass is 476 g/mol. The summed E-state index contributed by atoms with van der Waals surface area (Å²) in [7, 11) is 0. The van der Waals surface area contributed by atoms with Crippen LogP contribution in [0, 0.1) is 5.82 Å². The molecule has 0 spiro atoms. The van der Waals surface area contributed by atoms with Crippen molar-refractivity contribution in [3.63, 3.8) is 0 Å². The topological polar surface area (TPSA) is 99.3 Å². The van der Waals surface area contributed by atoms with Gasteiger partial charge in [0.15, 0.2) is 0 Å². The number of nitrogens with one attached hydrogen (secondary N) is 3. The van der Waals surface area contributed by atoms with Gasteiger partial charge in [0.25, 0.3) is 0 Å². The molecule has 8 heteroatoms. The number of halogens is 1. The molecule has 6 rings (SSSR count). The smallest absolute Gasteiger partial charge is 0.224 e. The van der Waals surface area contributed by atoms with Crippen LogP contribution in [0.3, 0.4) is 0 Å². The first kappa shape index (κ1) is 21.7. The number of carbonyl (C=O) groups excluding carboxylic acids is 1. The van der Waals surface area contributed by atoms with E-state index in [2.05, 4.69) is 30.5 Å². The summed E-state index contributed by atoms with van der Waals surface area (Å²) < 4.78 is 14.5. The first-order valence-corrected chi connectivity index (χ1v) is 11.6. The highest BCUT2D eigenvalue weighted by molar-refractivity contribution is 6.01. The number of carbonyl (C=O) groups is 1. The van der Waals surface area contributed by atoms with Crippen molar-refractivity contribution in [2.24, 2.45) is 0 Å². The summed E-state index contributed by atoms with van der Waals surface area (Å²) in [5, 5.41) is 12.2. The van der Waals surface area contributed by atoms with E-state index in [1.807, 2.05) is 36.4 Å². The van der Waals surface area contributed by atoms with Crippen LogP contribution < -0.4 is 5.32 Å². The largest absolute Gasteiger partial charge is 0.353 e. The second kappa shape index (κ2) is 8.74. The van der Waals surface area contributed by atoms with Crippen molar-refractivity contribution in [2.45, 2.75) is 13.3 Å². The van der Waals surface area contributed by atoms with Gasteiger partial charge >= 0.3 is 0 Å². The third-order valence-electron chi connectivity index (χ3n) is 6.17. The van der Waals surface area contributed by atoms with E-state index in [9.17, 15) is 9.18 Å². The molecule has 0 bridgehead atoms. The molecule has 0 aliphatic heterocycles. The Morgan fingerprint density at radius 2 is 1.81 bits per heavy atom. The van der Waals surface area contributed by atoms with Crippen LogP contribution in [0.4, 0.5) is 10.1 Å². The first-order chi connectivity index (χ1) is 17.6. The van der Waals surface area contributed by atoms with Gasteiger partial charge in [-0.2, -0.15) is 5.10 Å². The van der Waals surface area contributed by atoms with Gasteiger partial charge in [0.05, 0.1) is 28.8 Å². The zero-order chi connectivity index (χ0) is 24.6. The zero-order valence-electron chi connectivity index (χ0n) is 19.3. The van der Waals surface area contributed by atoms with Crippen molar-refractivity contribution in [1.29, 1.82) is 0 Å². The molecule has 0 saturated heterocycles. The van der Waals surface area contributed by atoms with Crippen LogP contribution in [0.15, 0.2) is 79.3 Å². The minimum atomic E-state index is -0.318. The molecule has 0 saturated carbocycles. The lowest BCUT2D eigenvalue weighted by Crippen LogP contribution is -2.09. The molecular weight excluding hydrogens is 455 g/mol. The molecule has 0 aliphatic carbocycles. The van der Waals surface area contributed by atoms with Crippen LogP contribution in [-0.2, 0) is 4.79 Å². The summed E-state index contributed by atoms with van der Waals surface area (Å²) >= 11 is 0. The Morgan fingerprint density at radius 3 is 2.67 bits per heavy atom. The van der Waals surface area contributed by atoms with Gasteiger partial charge in [0.1, 0.15) is 11.5 Å². The van der Waals surface area contributed by atoms with Crippen LogP contribution in [0.1, 0.15) is 13.3 Å². The normalized spacial score (nSPS) is 11.3.